The van der Waals surface area contributed by atoms with Crippen molar-refractivity contribution in [3.05, 3.63) is 58.6 Å². The van der Waals surface area contributed by atoms with Crippen molar-refractivity contribution in [2.45, 2.75) is 10.9 Å². The Morgan fingerprint density at radius 3 is 2.94 bits per heavy atom. The maximum Gasteiger partial charge on any atom is 0.266 e. The van der Waals surface area contributed by atoms with E-state index in [0.29, 0.717) is 10.8 Å². The highest BCUT2D eigenvalue weighted by molar-refractivity contribution is 7.98. The number of hydrogen-bond acceptors (Lipinski definition) is 4. The van der Waals surface area contributed by atoms with Gasteiger partial charge >= 0.3 is 0 Å². The first-order valence-electron chi connectivity index (χ1n) is 5.42. The summed E-state index contributed by atoms with van der Waals surface area (Å²) in [6, 6.07) is 11.6. The molecule has 2 heterocycles. The Morgan fingerprint density at radius 1 is 1.28 bits per heavy atom. The average molecular weight is 258 g/mol. The third kappa shape index (κ3) is 2.28. The lowest BCUT2D eigenvalue weighted by Crippen LogP contribution is -1.99. The summed E-state index contributed by atoms with van der Waals surface area (Å²) in [4.78, 5) is 19.6. The fourth-order valence-electron chi connectivity index (χ4n) is 1.59. The minimum absolute atomic E-state index is 0.172. The Hall–Kier alpha value is -2.08. The van der Waals surface area contributed by atoms with Gasteiger partial charge in [-0.1, -0.05) is 42.1 Å². The zero-order valence-corrected chi connectivity index (χ0v) is 10.2. The van der Waals surface area contributed by atoms with Crippen molar-refractivity contribution in [1.82, 2.24) is 19.6 Å². The molecule has 0 saturated heterocycles. The van der Waals surface area contributed by atoms with Crippen molar-refractivity contribution >= 4 is 17.4 Å². The highest BCUT2D eigenvalue weighted by atomic mass is 32.2. The maximum absolute atomic E-state index is 11.1. The predicted octanol–water partition coefficient (Wildman–Crippen LogP) is 1.71. The number of rotatable bonds is 3. The number of fused-ring (bicyclic) bond motifs is 1. The van der Waals surface area contributed by atoms with Crippen LogP contribution in [-0.2, 0) is 5.75 Å². The van der Waals surface area contributed by atoms with Gasteiger partial charge in [0.05, 0.1) is 0 Å². The first-order valence-corrected chi connectivity index (χ1v) is 6.41. The molecule has 3 aromatic rings. The lowest BCUT2D eigenvalue weighted by atomic mass is 10.2. The van der Waals surface area contributed by atoms with E-state index in [9.17, 15) is 4.79 Å². The van der Waals surface area contributed by atoms with E-state index < -0.39 is 0 Å². The van der Waals surface area contributed by atoms with Gasteiger partial charge < -0.3 is 0 Å². The normalized spacial score (nSPS) is 10.9. The van der Waals surface area contributed by atoms with Crippen molar-refractivity contribution in [3.8, 4) is 0 Å². The summed E-state index contributed by atoms with van der Waals surface area (Å²) < 4.78 is 1.51. The van der Waals surface area contributed by atoms with E-state index in [1.807, 2.05) is 18.2 Å². The van der Waals surface area contributed by atoms with Crippen molar-refractivity contribution in [2.24, 2.45) is 0 Å². The van der Waals surface area contributed by atoms with Crippen LogP contribution in [0.3, 0.4) is 0 Å². The summed E-state index contributed by atoms with van der Waals surface area (Å²) in [5, 5.41) is 3.25. The lowest BCUT2D eigenvalue weighted by Gasteiger charge is -2.00. The molecule has 0 amide bonds. The Bertz CT molecular complexity index is 720. The SMILES string of the molecule is O=c1cc2nc(SCc3ccccc3)ncn2[nH]1. The third-order valence-corrected chi connectivity index (χ3v) is 3.37. The highest BCUT2D eigenvalue weighted by Crippen LogP contribution is 2.18. The number of nitrogens with one attached hydrogen (secondary N) is 1. The zero-order valence-electron chi connectivity index (χ0n) is 9.41. The summed E-state index contributed by atoms with van der Waals surface area (Å²) in [5.74, 6) is 0.811. The van der Waals surface area contributed by atoms with E-state index in [-0.39, 0.29) is 5.56 Å². The van der Waals surface area contributed by atoms with E-state index in [1.165, 1.54) is 16.1 Å². The first-order chi connectivity index (χ1) is 8.81. The molecule has 3 rings (SSSR count). The highest BCUT2D eigenvalue weighted by Gasteiger charge is 2.02. The van der Waals surface area contributed by atoms with Gasteiger partial charge in [-0.25, -0.2) is 14.5 Å². The van der Waals surface area contributed by atoms with Crippen LogP contribution in [0.15, 0.2) is 52.7 Å². The van der Waals surface area contributed by atoms with Crippen LogP contribution >= 0.6 is 11.8 Å². The Kier molecular flexibility index (Phi) is 2.85. The number of H-pyrrole nitrogens is 1. The minimum atomic E-state index is -0.172. The number of aromatic nitrogens is 4. The van der Waals surface area contributed by atoms with Crippen LogP contribution in [0, 0.1) is 0 Å². The fraction of sp³-hybridized carbons (Fsp3) is 0.0833. The second-order valence-electron chi connectivity index (χ2n) is 3.76. The Balaban J connectivity index is 1.80. The molecular formula is C12H10N4OS. The number of benzene rings is 1. The number of thioether (sulfide) groups is 1. The zero-order chi connectivity index (χ0) is 12.4. The maximum atomic E-state index is 11.1. The van der Waals surface area contributed by atoms with Crippen molar-refractivity contribution in [1.29, 1.82) is 0 Å². The summed E-state index contributed by atoms with van der Waals surface area (Å²) in [6.07, 6.45) is 1.57. The largest absolute Gasteiger partial charge is 0.268 e. The van der Waals surface area contributed by atoms with Crippen LogP contribution in [0.4, 0.5) is 0 Å². The topological polar surface area (TPSA) is 63.1 Å². The van der Waals surface area contributed by atoms with E-state index >= 15 is 0 Å². The number of hydrogen-bond donors (Lipinski definition) is 1. The fourth-order valence-corrected chi connectivity index (χ4v) is 2.36. The van der Waals surface area contributed by atoms with Gasteiger partial charge in [-0.3, -0.25) is 9.89 Å². The molecule has 5 nitrogen and oxygen atoms in total. The molecule has 0 aliphatic rings. The molecule has 1 aromatic carbocycles. The summed E-state index contributed by atoms with van der Waals surface area (Å²) in [5.41, 5.74) is 1.64. The Morgan fingerprint density at radius 2 is 2.11 bits per heavy atom. The predicted molar refractivity (Wildman–Crippen MR) is 69.6 cm³/mol. The van der Waals surface area contributed by atoms with Crippen molar-refractivity contribution in [3.63, 3.8) is 0 Å². The number of nitrogens with zero attached hydrogens (tertiary/aromatic N) is 3. The van der Waals surface area contributed by atoms with Crippen LogP contribution < -0.4 is 5.56 Å². The molecule has 18 heavy (non-hydrogen) atoms. The lowest BCUT2D eigenvalue weighted by molar-refractivity contribution is 0.825. The first kappa shape index (κ1) is 11.0. The standard InChI is InChI=1S/C12H10N4OS/c17-11-6-10-14-12(13-8-16(10)15-11)18-7-9-4-2-1-3-5-9/h1-6,8H,7H2,(H,15,17). The molecular weight excluding hydrogens is 248 g/mol. The molecule has 0 fully saturated rings. The van der Waals surface area contributed by atoms with E-state index in [0.717, 1.165) is 5.75 Å². The Labute approximate surface area is 107 Å². The molecule has 0 atom stereocenters. The molecule has 1 N–H and O–H groups in total. The van der Waals surface area contributed by atoms with Gasteiger partial charge in [-0.15, -0.1) is 0 Å². The van der Waals surface area contributed by atoms with Crippen LogP contribution in [0.2, 0.25) is 0 Å². The summed E-state index contributed by atoms with van der Waals surface area (Å²) in [6.45, 7) is 0. The molecule has 6 heteroatoms. The van der Waals surface area contributed by atoms with Gasteiger partial charge in [0.2, 0.25) is 0 Å². The molecule has 0 radical (unpaired) electrons. The molecule has 0 unspecified atom stereocenters. The third-order valence-electron chi connectivity index (χ3n) is 2.44. The monoisotopic (exact) mass is 258 g/mol. The minimum Gasteiger partial charge on any atom is -0.268 e. The average Bonchev–Trinajstić information content (AvgIpc) is 2.77. The molecule has 0 aliphatic heterocycles. The second-order valence-corrected chi connectivity index (χ2v) is 4.70. The van der Waals surface area contributed by atoms with E-state index in [1.54, 1.807) is 18.1 Å². The molecule has 0 aliphatic carbocycles. The van der Waals surface area contributed by atoms with Gasteiger partial charge in [-0.05, 0) is 5.56 Å². The van der Waals surface area contributed by atoms with Crippen LogP contribution in [0.5, 0.6) is 0 Å². The van der Waals surface area contributed by atoms with E-state index in [2.05, 4.69) is 27.2 Å². The molecule has 0 spiro atoms. The smallest absolute Gasteiger partial charge is 0.266 e. The summed E-state index contributed by atoms with van der Waals surface area (Å²) >= 11 is 1.55. The van der Waals surface area contributed by atoms with Gasteiger partial charge in [-0.2, -0.15) is 0 Å². The van der Waals surface area contributed by atoms with Gasteiger partial charge in [0.1, 0.15) is 6.33 Å². The van der Waals surface area contributed by atoms with Gasteiger partial charge in [0.15, 0.2) is 10.8 Å². The molecule has 90 valence electrons. The van der Waals surface area contributed by atoms with Gasteiger partial charge in [0.25, 0.3) is 5.56 Å². The van der Waals surface area contributed by atoms with Crippen molar-refractivity contribution in [2.75, 3.05) is 0 Å². The molecule has 0 saturated carbocycles. The number of aromatic amines is 1. The van der Waals surface area contributed by atoms with Crippen molar-refractivity contribution < 1.29 is 0 Å². The second kappa shape index (κ2) is 4.66. The van der Waals surface area contributed by atoms with Crippen LogP contribution in [-0.4, -0.2) is 19.6 Å². The summed E-state index contributed by atoms with van der Waals surface area (Å²) in [7, 11) is 0. The van der Waals surface area contributed by atoms with Crippen LogP contribution in [0.25, 0.3) is 5.65 Å². The quantitative estimate of drug-likeness (QED) is 0.726. The van der Waals surface area contributed by atoms with E-state index in [4.69, 9.17) is 0 Å². The molecule has 2 aromatic heterocycles. The molecule has 0 bridgehead atoms. The van der Waals surface area contributed by atoms with Gasteiger partial charge in [0, 0.05) is 11.8 Å². The van der Waals surface area contributed by atoms with Crippen LogP contribution in [0.1, 0.15) is 5.56 Å².